The summed E-state index contributed by atoms with van der Waals surface area (Å²) < 4.78 is 5.71. The van der Waals surface area contributed by atoms with Gasteiger partial charge in [-0.25, -0.2) is 4.98 Å². The first-order valence-electron chi connectivity index (χ1n) is 8.38. The molecule has 9 nitrogen and oxygen atoms in total. The molecule has 0 fully saturated rings. The highest BCUT2D eigenvalue weighted by Gasteiger charge is 2.33. The monoisotopic (exact) mass is 405 g/mol. The second-order valence-corrected chi connectivity index (χ2v) is 7.35. The van der Waals surface area contributed by atoms with E-state index in [0.717, 1.165) is 10.7 Å². The molecule has 2 rings (SSSR count). The van der Waals surface area contributed by atoms with E-state index in [1.165, 1.54) is 31.4 Å². The van der Waals surface area contributed by atoms with Crippen LogP contribution in [0.2, 0.25) is 0 Å². The van der Waals surface area contributed by atoms with E-state index in [1.54, 1.807) is 12.2 Å². The number of aliphatic hydroxyl groups excluding tert-OH is 1. The molecule has 150 valence electrons. The maximum atomic E-state index is 12.6. The average Bonchev–Trinajstić information content (AvgIpc) is 3.07. The molecule has 28 heavy (non-hydrogen) atoms. The van der Waals surface area contributed by atoms with Gasteiger partial charge in [-0.2, -0.15) is 0 Å². The summed E-state index contributed by atoms with van der Waals surface area (Å²) in [5, 5.41) is 25.5. The van der Waals surface area contributed by atoms with Crippen LogP contribution in [0.25, 0.3) is 0 Å². The van der Waals surface area contributed by atoms with Crippen LogP contribution in [0, 0.1) is 12.3 Å². The Kier molecular flexibility index (Phi) is 6.71. The van der Waals surface area contributed by atoms with Crippen molar-refractivity contribution in [3.8, 4) is 0 Å². The minimum Gasteiger partial charge on any atom is -0.487 e. The number of allylic oxidation sites excluding steroid dienone is 4. The Bertz CT molecular complexity index is 886. The molecule has 6 N–H and O–H groups in total. The highest BCUT2D eigenvalue weighted by atomic mass is 32.1. The van der Waals surface area contributed by atoms with Crippen LogP contribution in [0.15, 0.2) is 40.6 Å². The molecular formula is C18H23N5O4S. The summed E-state index contributed by atoms with van der Waals surface area (Å²) >= 11 is 1.52. The topological polar surface area (TPSA) is 150 Å². The lowest BCUT2D eigenvalue weighted by Gasteiger charge is -2.26. The molecule has 1 atom stereocenters. The summed E-state index contributed by atoms with van der Waals surface area (Å²) in [5.41, 5.74) is 4.82. The smallest absolute Gasteiger partial charge is 0.268 e. The number of hydrogen-bond acceptors (Lipinski definition) is 8. The average molecular weight is 405 g/mol. The number of nitrogens with zero attached hydrogens (tertiary/aromatic N) is 1. The number of likely N-dealkylation sites (N-methyl/N-ethyl adjacent to an activating group) is 1. The van der Waals surface area contributed by atoms with Gasteiger partial charge >= 0.3 is 0 Å². The van der Waals surface area contributed by atoms with Gasteiger partial charge in [-0.15, -0.1) is 11.3 Å². The Balaban J connectivity index is 2.25. The zero-order valence-electron chi connectivity index (χ0n) is 15.8. The van der Waals surface area contributed by atoms with Gasteiger partial charge in [0.05, 0.1) is 23.0 Å². The van der Waals surface area contributed by atoms with Crippen LogP contribution in [0.4, 0.5) is 0 Å². The lowest BCUT2D eigenvalue weighted by Crippen LogP contribution is -2.58. The van der Waals surface area contributed by atoms with Crippen LogP contribution >= 0.6 is 11.3 Å². The number of aromatic nitrogens is 1. The van der Waals surface area contributed by atoms with Crippen LogP contribution in [0.1, 0.15) is 17.6 Å². The van der Waals surface area contributed by atoms with E-state index >= 15 is 0 Å². The van der Waals surface area contributed by atoms with Crippen molar-refractivity contribution < 1.29 is 19.4 Å². The molecule has 0 spiro atoms. The first-order valence-corrected chi connectivity index (χ1v) is 9.26. The fourth-order valence-corrected chi connectivity index (χ4v) is 2.91. The molecule has 2 amide bonds. The van der Waals surface area contributed by atoms with Gasteiger partial charge in [0.2, 0.25) is 5.91 Å². The van der Waals surface area contributed by atoms with E-state index in [1.807, 2.05) is 12.3 Å². The first-order chi connectivity index (χ1) is 13.2. The third kappa shape index (κ3) is 4.84. The van der Waals surface area contributed by atoms with E-state index in [4.69, 9.17) is 15.9 Å². The summed E-state index contributed by atoms with van der Waals surface area (Å²) in [6, 6.07) is 0. The summed E-state index contributed by atoms with van der Waals surface area (Å²) in [6.07, 6.45) is 4.67. The highest BCUT2D eigenvalue weighted by molar-refractivity contribution is 7.09. The Labute approximate surface area is 166 Å². The lowest BCUT2D eigenvalue weighted by atomic mass is 9.99. The normalized spacial score (nSPS) is 17.4. The molecule has 0 aliphatic heterocycles. The number of carbonyl (C=O) groups is 2. The lowest BCUT2D eigenvalue weighted by molar-refractivity contribution is -0.131. The largest absolute Gasteiger partial charge is 0.487 e. The number of rotatable bonds is 8. The summed E-state index contributed by atoms with van der Waals surface area (Å²) in [7, 11) is 1.51. The molecule has 1 aromatic heterocycles. The third-order valence-electron chi connectivity index (χ3n) is 4.04. The summed E-state index contributed by atoms with van der Waals surface area (Å²) in [4.78, 5) is 28.5. The Morgan fingerprint density at radius 2 is 2.14 bits per heavy atom. The number of primary amides is 1. The van der Waals surface area contributed by atoms with Gasteiger partial charge in [-0.1, -0.05) is 0 Å². The number of carbonyl (C=O) groups excluding carboxylic acids is 2. The van der Waals surface area contributed by atoms with Gasteiger partial charge in [0.25, 0.3) is 5.91 Å². The molecule has 0 radical (unpaired) electrons. The van der Waals surface area contributed by atoms with Crippen LogP contribution < -0.4 is 16.4 Å². The van der Waals surface area contributed by atoms with E-state index < -0.39 is 24.0 Å². The Morgan fingerprint density at radius 3 is 2.68 bits per heavy atom. The van der Waals surface area contributed by atoms with Gasteiger partial charge in [0.15, 0.2) is 0 Å². The SMILES string of the molecule is CN/C(C(=O)NC(C)(CO)C(N)=O)=C1/C=C(OCc2csc(C)n2)C=CC1=N. The molecule has 0 aromatic carbocycles. The van der Waals surface area contributed by atoms with Gasteiger partial charge in [0.1, 0.15) is 23.6 Å². The van der Waals surface area contributed by atoms with E-state index in [-0.39, 0.29) is 23.6 Å². The molecule has 0 saturated carbocycles. The van der Waals surface area contributed by atoms with Gasteiger partial charge < -0.3 is 31.6 Å². The van der Waals surface area contributed by atoms with E-state index in [0.29, 0.717) is 5.76 Å². The standard InChI is InChI=1S/C18H23N5O4S/c1-10-22-11(8-28-10)7-27-12-4-5-14(19)13(6-12)15(21-3)16(25)23-18(2,9-24)17(20)26/h4-6,8,19,21,24H,7,9H2,1-3H3,(H2,20,26)(H,23,25)/b15-13-,19-14?. The predicted molar refractivity (Wildman–Crippen MR) is 106 cm³/mol. The number of thiazole rings is 1. The molecule has 0 saturated heterocycles. The molecular weight excluding hydrogens is 382 g/mol. The van der Waals surface area contributed by atoms with Crippen molar-refractivity contribution in [3.63, 3.8) is 0 Å². The van der Waals surface area contributed by atoms with Gasteiger partial charge in [0, 0.05) is 18.0 Å². The van der Waals surface area contributed by atoms with Gasteiger partial charge in [-0.05, 0) is 32.1 Å². The minimum absolute atomic E-state index is 0.0425. The minimum atomic E-state index is -1.63. The number of hydrogen-bond donors (Lipinski definition) is 5. The van der Waals surface area contributed by atoms with Crippen molar-refractivity contribution in [1.82, 2.24) is 15.6 Å². The van der Waals surface area contributed by atoms with E-state index in [2.05, 4.69) is 15.6 Å². The van der Waals surface area contributed by atoms with Crippen molar-refractivity contribution in [1.29, 1.82) is 5.41 Å². The van der Waals surface area contributed by atoms with Crippen LogP contribution in [-0.2, 0) is 20.9 Å². The first kappa shape index (κ1) is 21.3. The third-order valence-corrected chi connectivity index (χ3v) is 4.86. The van der Waals surface area contributed by atoms with Crippen molar-refractivity contribution in [2.24, 2.45) is 5.73 Å². The Morgan fingerprint density at radius 1 is 1.43 bits per heavy atom. The van der Waals surface area contributed by atoms with E-state index in [9.17, 15) is 14.7 Å². The second-order valence-electron chi connectivity index (χ2n) is 6.29. The molecule has 1 unspecified atom stereocenters. The molecule has 1 heterocycles. The van der Waals surface area contributed by atoms with Crippen molar-refractivity contribution in [2.45, 2.75) is 26.0 Å². The van der Waals surface area contributed by atoms with Crippen molar-refractivity contribution in [2.75, 3.05) is 13.7 Å². The van der Waals surface area contributed by atoms with Crippen LogP contribution in [0.3, 0.4) is 0 Å². The molecule has 10 heteroatoms. The van der Waals surface area contributed by atoms with Gasteiger partial charge in [-0.3, -0.25) is 9.59 Å². The number of aryl methyl sites for hydroxylation is 1. The molecule has 1 aliphatic rings. The van der Waals surface area contributed by atoms with Crippen LogP contribution in [0.5, 0.6) is 0 Å². The van der Waals surface area contributed by atoms with Crippen molar-refractivity contribution >= 4 is 28.9 Å². The number of nitrogens with one attached hydrogen (secondary N) is 3. The Hall–Kier alpha value is -2.98. The number of amides is 2. The molecule has 0 bridgehead atoms. The van der Waals surface area contributed by atoms with Crippen molar-refractivity contribution in [3.05, 3.63) is 51.3 Å². The maximum Gasteiger partial charge on any atom is 0.268 e. The quantitative estimate of drug-likeness (QED) is 0.392. The zero-order valence-corrected chi connectivity index (χ0v) is 16.6. The maximum absolute atomic E-state index is 12.6. The number of aliphatic hydroxyl groups is 1. The second kappa shape index (κ2) is 8.81. The summed E-state index contributed by atoms with van der Waals surface area (Å²) in [6.45, 7) is 2.82. The zero-order chi connectivity index (χ0) is 20.9. The highest BCUT2D eigenvalue weighted by Crippen LogP contribution is 2.19. The predicted octanol–water partition coefficient (Wildman–Crippen LogP) is 0.268. The number of ether oxygens (including phenoxy) is 1. The summed E-state index contributed by atoms with van der Waals surface area (Å²) in [5.74, 6) is -1.10. The molecule has 1 aromatic rings. The fraction of sp³-hybridized carbons (Fsp3) is 0.333. The molecule has 1 aliphatic carbocycles. The number of nitrogens with two attached hydrogens (primary N) is 1. The fourth-order valence-electron chi connectivity index (χ4n) is 2.31. The van der Waals surface area contributed by atoms with Crippen LogP contribution in [-0.4, -0.2) is 46.8 Å².